The third-order valence-electron chi connectivity index (χ3n) is 2.56. The average Bonchev–Trinajstić information content (AvgIpc) is 2.21. The van der Waals surface area contributed by atoms with Gasteiger partial charge in [-0.05, 0) is 12.5 Å². The maximum atomic E-state index is 11.6. The monoisotopic (exact) mass is 213 g/mol. The Bertz CT molecular complexity index is 286. The molecule has 0 aromatic carbocycles. The van der Waals surface area contributed by atoms with E-state index in [1.165, 1.54) is 6.08 Å². The van der Waals surface area contributed by atoms with Crippen LogP contribution in [0.4, 0.5) is 0 Å². The number of amides is 1. The fraction of sp³-hybridized carbons (Fsp3) is 0.600. The molecule has 1 amide bonds. The third kappa shape index (κ3) is 2.23. The number of carbonyl (C=O) groups excluding carboxylic acids is 1. The Morgan fingerprint density at radius 3 is 2.93 bits per heavy atom. The predicted molar refractivity (Wildman–Crippen MR) is 58.5 cm³/mol. The smallest absolute Gasteiger partial charge is 0.246 e. The molecule has 0 aromatic rings. The number of hydrogen-bond donors (Lipinski definition) is 0. The van der Waals surface area contributed by atoms with Crippen molar-refractivity contribution in [1.82, 2.24) is 4.90 Å². The van der Waals surface area contributed by atoms with E-state index in [0.717, 1.165) is 18.1 Å². The van der Waals surface area contributed by atoms with Crippen molar-refractivity contribution < 1.29 is 9.69 Å². The predicted octanol–water partition coefficient (Wildman–Crippen LogP) is 0.743. The molecular weight excluding hydrogens is 197 g/mol. The first-order valence-corrected chi connectivity index (χ1v) is 6.11. The normalized spacial score (nSPS) is 22.9. The summed E-state index contributed by atoms with van der Waals surface area (Å²) in [6.45, 7) is 5.98. The first-order chi connectivity index (χ1) is 6.60. The highest BCUT2D eigenvalue weighted by Gasteiger charge is 2.33. The van der Waals surface area contributed by atoms with E-state index in [2.05, 4.69) is 6.58 Å². The second-order valence-electron chi connectivity index (χ2n) is 3.56. The van der Waals surface area contributed by atoms with Gasteiger partial charge in [-0.25, -0.2) is 0 Å². The van der Waals surface area contributed by atoms with Crippen molar-refractivity contribution in [2.45, 2.75) is 25.4 Å². The fourth-order valence-electron chi connectivity index (χ4n) is 1.54. The molecule has 0 spiro atoms. The van der Waals surface area contributed by atoms with Crippen LogP contribution in [0.3, 0.4) is 0 Å². The molecule has 2 unspecified atom stereocenters. The highest BCUT2D eigenvalue weighted by atomic mass is 31.1. The molecule has 0 fully saturated rings. The van der Waals surface area contributed by atoms with Crippen LogP contribution in [0.5, 0.6) is 0 Å². The Morgan fingerprint density at radius 2 is 2.50 bits per heavy atom. The molecule has 4 heteroatoms. The van der Waals surface area contributed by atoms with Gasteiger partial charge in [0.25, 0.3) is 0 Å². The lowest BCUT2D eigenvalue weighted by Crippen LogP contribution is -2.37. The summed E-state index contributed by atoms with van der Waals surface area (Å²) in [4.78, 5) is 24.3. The van der Waals surface area contributed by atoms with Gasteiger partial charge in [0.2, 0.25) is 5.91 Å². The largest absolute Gasteiger partial charge is 0.630 e. The first-order valence-electron chi connectivity index (χ1n) is 4.78. The Kier molecular flexibility index (Phi) is 3.85. The minimum absolute atomic E-state index is 0.110. The lowest BCUT2D eigenvalue weighted by atomic mass is 10.1. The van der Waals surface area contributed by atoms with Crippen molar-refractivity contribution >= 4 is 19.0 Å². The molecule has 14 heavy (non-hydrogen) atoms. The lowest BCUT2D eigenvalue weighted by molar-refractivity contribution is -0.156. The van der Waals surface area contributed by atoms with Crippen molar-refractivity contribution in [3.63, 3.8) is 0 Å². The second-order valence-corrected chi connectivity index (χ2v) is 5.57. The van der Waals surface area contributed by atoms with Gasteiger partial charge in [-0.1, -0.05) is 13.5 Å². The molecule has 2 atom stereocenters. The quantitative estimate of drug-likeness (QED) is 0.510. The number of carbonyl (C=O) groups is 1. The molecule has 0 saturated carbocycles. The summed E-state index contributed by atoms with van der Waals surface area (Å²) in [6, 6.07) is 0. The van der Waals surface area contributed by atoms with Gasteiger partial charge >= 0.3 is 0 Å². The fourth-order valence-corrected chi connectivity index (χ4v) is 3.20. The highest BCUT2D eigenvalue weighted by molar-refractivity contribution is 7.55. The van der Waals surface area contributed by atoms with E-state index in [4.69, 9.17) is 0 Å². The van der Waals surface area contributed by atoms with E-state index in [-0.39, 0.29) is 5.91 Å². The highest BCUT2D eigenvalue weighted by Crippen LogP contribution is 2.39. The van der Waals surface area contributed by atoms with Gasteiger partial charge in [-0.15, -0.1) is 0 Å². The maximum absolute atomic E-state index is 11.6. The summed E-state index contributed by atoms with van der Waals surface area (Å²) in [5.41, 5.74) is 0.354. The lowest BCUT2D eigenvalue weighted by Gasteiger charge is -2.27. The molecule has 78 valence electrons. The SMILES string of the molecule is C=CC(=O)N(C)CC1=[P+]([O-])C(CC)C1. The molecule has 1 rings (SSSR count). The van der Waals surface area contributed by atoms with Crippen LogP contribution < -0.4 is 4.89 Å². The zero-order chi connectivity index (χ0) is 10.7. The zero-order valence-electron chi connectivity index (χ0n) is 8.69. The van der Waals surface area contributed by atoms with Crippen LogP contribution in [0.2, 0.25) is 0 Å². The molecule has 1 heterocycles. The number of nitrogens with zero attached hydrogens (tertiary/aromatic N) is 1. The Balaban J connectivity index is 2.51. The van der Waals surface area contributed by atoms with Crippen molar-refractivity contribution in [1.29, 1.82) is 0 Å². The van der Waals surface area contributed by atoms with E-state index < -0.39 is 7.77 Å². The summed E-state index contributed by atoms with van der Waals surface area (Å²) in [6.07, 6.45) is 3.17. The standard InChI is InChI=1S/C10H16NO2P/c1-4-8-6-9(14(8)13)7-11(3)10(12)5-2/h5,8H,2,4,6-7H2,1,3H3. The molecule has 0 aromatic heterocycles. The van der Waals surface area contributed by atoms with Crippen LogP contribution in [0, 0.1) is 0 Å². The van der Waals surface area contributed by atoms with Crippen LogP contribution in [-0.4, -0.2) is 35.4 Å². The summed E-state index contributed by atoms with van der Waals surface area (Å²) in [7, 11) is 0.539. The molecule has 0 bridgehead atoms. The van der Waals surface area contributed by atoms with Gasteiger partial charge in [0.05, 0.1) is 20.7 Å². The Labute approximate surface area is 85.9 Å². The van der Waals surface area contributed by atoms with Gasteiger partial charge in [0.1, 0.15) is 11.0 Å². The topological polar surface area (TPSA) is 43.4 Å². The molecule has 0 radical (unpaired) electrons. The maximum Gasteiger partial charge on any atom is 0.246 e. The van der Waals surface area contributed by atoms with Gasteiger partial charge in [0, 0.05) is 7.05 Å². The zero-order valence-corrected chi connectivity index (χ0v) is 9.59. The summed E-state index contributed by atoms with van der Waals surface area (Å²) < 4.78 is 0. The van der Waals surface area contributed by atoms with Crippen molar-refractivity contribution in [3.05, 3.63) is 12.7 Å². The van der Waals surface area contributed by atoms with Crippen molar-refractivity contribution in [2.75, 3.05) is 13.6 Å². The first kappa shape index (κ1) is 11.4. The second kappa shape index (κ2) is 4.72. The Morgan fingerprint density at radius 1 is 1.86 bits per heavy atom. The minimum atomic E-state index is -1.17. The third-order valence-corrected chi connectivity index (χ3v) is 4.71. The van der Waals surface area contributed by atoms with Crippen molar-refractivity contribution in [3.8, 4) is 0 Å². The molecule has 0 N–H and O–H groups in total. The molecule has 1 aliphatic heterocycles. The van der Waals surface area contributed by atoms with Crippen LogP contribution in [-0.2, 0) is 4.79 Å². The van der Waals surface area contributed by atoms with Crippen LogP contribution in [0.25, 0.3) is 0 Å². The summed E-state index contributed by atoms with van der Waals surface area (Å²) in [5.74, 6) is -0.110. The van der Waals surface area contributed by atoms with Crippen LogP contribution in [0.1, 0.15) is 19.8 Å². The minimum Gasteiger partial charge on any atom is -0.630 e. The average molecular weight is 213 g/mol. The van der Waals surface area contributed by atoms with E-state index >= 15 is 0 Å². The molecular formula is C10H16NO2P. The molecule has 3 nitrogen and oxygen atoms in total. The van der Waals surface area contributed by atoms with E-state index in [1.54, 1.807) is 11.9 Å². The molecule has 0 aliphatic carbocycles. The summed E-state index contributed by atoms with van der Waals surface area (Å²) in [5, 5.41) is 1.02. The van der Waals surface area contributed by atoms with Crippen LogP contribution in [0.15, 0.2) is 12.7 Å². The van der Waals surface area contributed by atoms with E-state index in [0.29, 0.717) is 12.2 Å². The van der Waals surface area contributed by atoms with Crippen molar-refractivity contribution in [2.24, 2.45) is 0 Å². The van der Waals surface area contributed by atoms with Gasteiger partial charge < -0.3 is 9.79 Å². The number of rotatable bonds is 4. The number of hydrogen-bond acceptors (Lipinski definition) is 2. The molecule has 1 aliphatic rings. The van der Waals surface area contributed by atoms with Gasteiger partial charge in [-0.2, -0.15) is 0 Å². The van der Waals surface area contributed by atoms with Gasteiger partial charge in [-0.3, -0.25) is 4.79 Å². The number of likely N-dealkylation sites (N-methyl/N-ethyl adjacent to an activating group) is 1. The van der Waals surface area contributed by atoms with Gasteiger partial charge in [0.15, 0.2) is 0 Å². The summed E-state index contributed by atoms with van der Waals surface area (Å²) >= 11 is 0. The Hall–Kier alpha value is -0.660. The van der Waals surface area contributed by atoms with E-state index in [9.17, 15) is 9.69 Å². The van der Waals surface area contributed by atoms with E-state index in [1.807, 2.05) is 6.92 Å². The molecule has 0 saturated heterocycles. The van der Waals surface area contributed by atoms with Crippen LogP contribution >= 0.6 is 7.77 Å².